The molecule has 0 unspecified atom stereocenters. The van der Waals surface area contributed by atoms with Crippen molar-refractivity contribution in [1.82, 2.24) is 14.8 Å². The molecule has 5 nitrogen and oxygen atoms in total. The number of amides is 1. The third-order valence-electron chi connectivity index (χ3n) is 9.07. The number of hydrogen-bond donors (Lipinski definition) is 1. The molecular formula is C32H34FN3O2. The maximum Gasteiger partial charge on any atom is 0.254 e. The van der Waals surface area contributed by atoms with Gasteiger partial charge in [-0.25, -0.2) is 4.39 Å². The highest BCUT2D eigenvalue weighted by Crippen LogP contribution is 2.54. The van der Waals surface area contributed by atoms with Crippen molar-refractivity contribution in [2.75, 3.05) is 27.7 Å². The molecule has 4 aromatic rings. The minimum atomic E-state index is -0.473. The summed E-state index contributed by atoms with van der Waals surface area (Å²) in [4.78, 5) is 22.3. The summed E-state index contributed by atoms with van der Waals surface area (Å²) in [6.07, 6.45) is 3.97. The number of halogens is 1. The van der Waals surface area contributed by atoms with Crippen LogP contribution in [0.15, 0.2) is 72.8 Å². The zero-order valence-corrected chi connectivity index (χ0v) is 22.3. The lowest BCUT2D eigenvalue weighted by Crippen LogP contribution is -2.58. The van der Waals surface area contributed by atoms with Gasteiger partial charge in [0.05, 0.1) is 12.6 Å². The molecule has 1 amide bonds. The highest BCUT2D eigenvalue weighted by Gasteiger charge is 2.53. The SMILES string of the molecule is COc1cccc(C(=O)N2CCc3c([nH]c4ccccc34)C23CCC(c2cccc(F)c2)(N(C)C)CC3)c1. The molecule has 3 aromatic carbocycles. The van der Waals surface area contributed by atoms with Crippen molar-refractivity contribution in [1.29, 1.82) is 0 Å². The van der Waals surface area contributed by atoms with Crippen LogP contribution in [0.25, 0.3) is 10.9 Å². The molecule has 196 valence electrons. The van der Waals surface area contributed by atoms with Gasteiger partial charge in [0.25, 0.3) is 5.91 Å². The van der Waals surface area contributed by atoms with Gasteiger partial charge in [-0.3, -0.25) is 9.69 Å². The van der Waals surface area contributed by atoms with Crippen LogP contribution in [0.4, 0.5) is 4.39 Å². The topological polar surface area (TPSA) is 48.6 Å². The molecule has 1 spiro atoms. The van der Waals surface area contributed by atoms with E-state index < -0.39 is 5.54 Å². The lowest BCUT2D eigenvalue weighted by molar-refractivity contribution is -0.0142. The van der Waals surface area contributed by atoms with Crippen LogP contribution in [0.5, 0.6) is 5.75 Å². The van der Waals surface area contributed by atoms with Crippen LogP contribution in [0.3, 0.4) is 0 Å². The molecule has 38 heavy (non-hydrogen) atoms. The van der Waals surface area contributed by atoms with E-state index >= 15 is 0 Å². The largest absolute Gasteiger partial charge is 0.497 e. The Morgan fingerprint density at radius 2 is 1.74 bits per heavy atom. The van der Waals surface area contributed by atoms with E-state index in [-0.39, 0.29) is 17.3 Å². The second kappa shape index (κ2) is 9.28. The number of H-pyrrole nitrogens is 1. The maximum absolute atomic E-state index is 14.3. The fraction of sp³-hybridized carbons (Fsp3) is 0.344. The second-order valence-corrected chi connectivity index (χ2v) is 10.9. The van der Waals surface area contributed by atoms with Crippen molar-refractivity contribution in [2.45, 2.75) is 43.2 Å². The third-order valence-corrected chi connectivity index (χ3v) is 9.07. The third kappa shape index (κ3) is 3.73. The van der Waals surface area contributed by atoms with Gasteiger partial charge in [-0.05, 0) is 93.7 Å². The lowest BCUT2D eigenvalue weighted by Gasteiger charge is -2.55. The number of ether oxygens (including phenoxy) is 1. The van der Waals surface area contributed by atoms with E-state index in [1.807, 2.05) is 30.3 Å². The van der Waals surface area contributed by atoms with Gasteiger partial charge in [-0.15, -0.1) is 0 Å². The van der Waals surface area contributed by atoms with Crippen LogP contribution in [-0.4, -0.2) is 48.4 Å². The second-order valence-electron chi connectivity index (χ2n) is 10.9. The summed E-state index contributed by atoms with van der Waals surface area (Å²) in [6, 6.07) is 22.9. The molecule has 1 saturated carbocycles. The number of carbonyl (C=O) groups excluding carboxylic acids is 1. The Morgan fingerprint density at radius 3 is 2.47 bits per heavy atom. The molecule has 1 N–H and O–H groups in total. The van der Waals surface area contributed by atoms with E-state index in [2.05, 4.69) is 53.1 Å². The number of para-hydroxylation sites is 1. The average Bonchev–Trinajstić information content (AvgIpc) is 3.33. The van der Waals surface area contributed by atoms with Crippen LogP contribution >= 0.6 is 0 Å². The molecule has 2 heterocycles. The first-order valence-corrected chi connectivity index (χ1v) is 13.4. The van der Waals surface area contributed by atoms with Crippen molar-refractivity contribution in [2.24, 2.45) is 0 Å². The molecule has 6 heteroatoms. The minimum Gasteiger partial charge on any atom is -0.497 e. The zero-order chi connectivity index (χ0) is 26.5. The van der Waals surface area contributed by atoms with E-state index in [0.717, 1.165) is 48.9 Å². The van der Waals surface area contributed by atoms with Gasteiger partial charge in [-0.1, -0.05) is 36.4 Å². The normalized spacial score (nSPS) is 23.1. The van der Waals surface area contributed by atoms with Crippen molar-refractivity contribution < 1.29 is 13.9 Å². The summed E-state index contributed by atoms with van der Waals surface area (Å²) >= 11 is 0. The number of aromatic amines is 1. The van der Waals surface area contributed by atoms with Crippen LogP contribution in [-0.2, 0) is 17.5 Å². The number of fused-ring (bicyclic) bond motifs is 4. The molecule has 6 rings (SSSR count). The quantitative estimate of drug-likeness (QED) is 0.353. The Morgan fingerprint density at radius 1 is 0.974 bits per heavy atom. The minimum absolute atomic E-state index is 0.0244. The molecule has 0 bridgehead atoms. The molecule has 1 aromatic heterocycles. The first-order valence-electron chi connectivity index (χ1n) is 13.4. The monoisotopic (exact) mass is 511 g/mol. The highest BCUT2D eigenvalue weighted by molar-refractivity contribution is 5.96. The van der Waals surface area contributed by atoms with Crippen molar-refractivity contribution >= 4 is 16.8 Å². The number of carbonyl (C=O) groups is 1. The number of methoxy groups -OCH3 is 1. The van der Waals surface area contributed by atoms with Crippen LogP contribution in [0, 0.1) is 5.82 Å². The van der Waals surface area contributed by atoms with Gasteiger partial charge in [0.2, 0.25) is 0 Å². The molecule has 1 fully saturated rings. The van der Waals surface area contributed by atoms with E-state index in [4.69, 9.17) is 4.74 Å². The standard InChI is InChI=1S/C32H34FN3O2/c1-35(2)31(23-9-7-10-24(33)21-23)15-17-32(18-16-31)29-27(26-12-4-5-13-28(26)34-29)14-19-36(32)30(37)22-8-6-11-25(20-22)38-3/h4-13,20-21,34H,14-19H2,1-3H3. The van der Waals surface area contributed by atoms with Crippen LogP contribution in [0.2, 0.25) is 0 Å². The Bertz CT molecular complexity index is 1500. The summed E-state index contributed by atoms with van der Waals surface area (Å²) in [7, 11) is 5.78. The highest BCUT2D eigenvalue weighted by atomic mass is 19.1. The van der Waals surface area contributed by atoms with Crippen LogP contribution < -0.4 is 4.74 Å². The molecule has 0 saturated heterocycles. The molecule has 0 atom stereocenters. The van der Waals surface area contributed by atoms with Gasteiger partial charge in [0.1, 0.15) is 11.6 Å². The number of benzene rings is 3. The maximum atomic E-state index is 14.3. The molecule has 2 aliphatic rings. The summed E-state index contributed by atoms with van der Waals surface area (Å²) < 4.78 is 19.8. The fourth-order valence-electron chi connectivity index (χ4n) is 7.01. The van der Waals surface area contributed by atoms with Crippen LogP contribution in [0.1, 0.15) is 52.9 Å². The van der Waals surface area contributed by atoms with Gasteiger partial charge in [0.15, 0.2) is 0 Å². The predicted molar refractivity (Wildman–Crippen MR) is 148 cm³/mol. The van der Waals surface area contributed by atoms with Gasteiger partial charge < -0.3 is 14.6 Å². The van der Waals surface area contributed by atoms with Crippen molar-refractivity contribution in [3.8, 4) is 5.75 Å². The average molecular weight is 512 g/mol. The van der Waals surface area contributed by atoms with E-state index in [1.54, 1.807) is 19.2 Å². The summed E-state index contributed by atoms with van der Waals surface area (Å²) in [5.41, 5.74) is 4.45. The summed E-state index contributed by atoms with van der Waals surface area (Å²) in [5, 5.41) is 1.24. The fourth-order valence-corrected chi connectivity index (χ4v) is 7.01. The zero-order valence-electron chi connectivity index (χ0n) is 22.3. The van der Waals surface area contributed by atoms with E-state index in [9.17, 15) is 9.18 Å². The van der Waals surface area contributed by atoms with E-state index in [0.29, 0.717) is 17.9 Å². The Labute approximate surface area is 223 Å². The Balaban J connectivity index is 1.46. The first-order chi connectivity index (χ1) is 18.4. The van der Waals surface area contributed by atoms with Crippen molar-refractivity contribution in [3.63, 3.8) is 0 Å². The lowest BCUT2D eigenvalue weighted by atomic mass is 9.65. The van der Waals surface area contributed by atoms with Gasteiger partial charge in [0, 0.05) is 34.2 Å². The van der Waals surface area contributed by atoms with Crippen molar-refractivity contribution in [3.05, 3.63) is 101 Å². The number of hydrogen-bond acceptors (Lipinski definition) is 3. The first kappa shape index (κ1) is 24.7. The molecule has 1 aliphatic carbocycles. The summed E-state index contributed by atoms with van der Waals surface area (Å²) in [5.74, 6) is 0.486. The predicted octanol–water partition coefficient (Wildman–Crippen LogP) is 6.24. The van der Waals surface area contributed by atoms with Gasteiger partial charge >= 0.3 is 0 Å². The number of rotatable bonds is 4. The van der Waals surface area contributed by atoms with Gasteiger partial charge in [-0.2, -0.15) is 0 Å². The molecule has 1 aliphatic heterocycles. The molecule has 0 radical (unpaired) electrons. The number of aromatic nitrogens is 1. The van der Waals surface area contributed by atoms with E-state index in [1.165, 1.54) is 17.0 Å². The number of nitrogens with zero attached hydrogens (tertiary/aromatic N) is 2. The Kier molecular flexibility index (Phi) is 6.03. The number of nitrogens with one attached hydrogen (secondary N) is 1. The summed E-state index contributed by atoms with van der Waals surface area (Å²) in [6.45, 7) is 0.653. The smallest absolute Gasteiger partial charge is 0.254 e. The molecular weight excluding hydrogens is 477 g/mol. The Hall–Kier alpha value is -3.64.